The smallest absolute Gasteiger partial charge is 0.339 e. The van der Waals surface area contributed by atoms with Crippen LogP contribution in [-0.4, -0.2) is 64.1 Å². The van der Waals surface area contributed by atoms with Gasteiger partial charge in [0.2, 0.25) is 5.82 Å². The predicted octanol–water partition coefficient (Wildman–Crippen LogP) is 0.538. The number of piperidine rings is 1. The summed E-state index contributed by atoms with van der Waals surface area (Å²) < 4.78 is 0. The zero-order valence-electron chi connectivity index (χ0n) is 13.1. The molecule has 0 aliphatic carbocycles. The van der Waals surface area contributed by atoms with E-state index < -0.39 is 5.69 Å². The Morgan fingerprint density at radius 3 is 2.62 bits per heavy atom. The minimum absolute atomic E-state index is 0.0831. The van der Waals surface area contributed by atoms with Crippen LogP contribution in [0.4, 0.5) is 0 Å². The second-order valence-corrected chi connectivity index (χ2v) is 6.35. The van der Waals surface area contributed by atoms with Gasteiger partial charge in [0, 0.05) is 20.1 Å². The van der Waals surface area contributed by atoms with Crippen LogP contribution >= 0.6 is 0 Å². The van der Waals surface area contributed by atoms with Gasteiger partial charge in [-0.1, -0.05) is 13.8 Å². The van der Waals surface area contributed by atoms with Crippen LogP contribution < -0.4 is 5.69 Å². The normalized spacial score (nSPS) is 17.3. The fourth-order valence-corrected chi connectivity index (χ4v) is 2.89. The summed E-state index contributed by atoms with van der Waals surface area (Å²) in [5, 5.41) is 5.90. The van der Waals surface area contributed by atoms with E-state index in [0.29, 0.717) is 18.4 Å². The summed E-state index contributed by atoms with van der Waals surface area (Å²) in [5.41, 5.74) is -0.450. The van der Waals surface area contributed by atoms with Gasteiger partial charge in [0.1, 0.15) is 0 Å². The molecule has 2 heterocycles. The molecular weight excluding hydrogens is 270 g/mol. The van der Waals surface area contributed by atoms with Crippen molar-refractivity contribution in [3.05, 3.63) is 16.3 Å². The third-order valence-electron chi connectivity index (χ3n) is 3.91. The molecule has 1 fully saturated rings. The first-order valence-electron chi connectivity index (χ1n) is 7.58. The Kier molecular flexibility index (Phi) is 5.17. The van der Waals surface area contributed by atoms with Crippen molar-refractivity contribution in [2.75, 3.05) is 33.2 Å². The van der Waals surface area contributed by atoms with Gasteiger partial charge in [0.25, 0.3) is 5.91 Å². The van der Waals surface area contributed by atoms with E-state index in [4.69, 9.17) is 0 Å². The van der Waals surface area contributed by atoms with Crippen molar-refractivity contribution in [2.24, 2.45) is 11.8 Å². The van der Waals surface area contributed by atoms with Crippen LogP contribution in [0.25, 0.3) is 0 Å². The Morgan fingerprint density at radius 1 is 1.43 bits per heavy atom. The number of H-pyrrole nitrogens is 2. The van der Waals surface area contributed by atoms with Gasteiger partial charge in [-0.3, -0.25) is 9.78 Å². The number of nitrogens with one attached hydrogen (secondary N) is 2. The summed E-state index contributed by atoms with van der Waals surface area (Å²) in [5.74, 6) is 1.06. The number of hydrogen-bond acceptors (Lipinski definition) is 4. The second kappa shape index (κ2) is 6.89. The Labute approximate surface area is 124 Å². The number of aromatic amines is 2. The predicted molar refractivity (Wildman–Crippen MR) is 80.2 cm³/mol. The molecule has 7 heteroatoms. The largest absolute Gasteiger partial charge is 0.341 e. The van der Waals surface area contributed by atoms with Gasteiger partial charge < -0.3 is 9.80 Å². The van der Waals surface area contributed by atoms with Gasteiger partial charge in [0.05, 0.1) is 0 Å². The lowest BCUT2D eigenvalue weighted by atomic mass is 9.95. The molecule has 1 aliphatic rings. The number of carbonyl (C=O) groups excluding carboxylic acids is 1. The zero-order chi connectivity index (χ0) is 15.4. The number of hydrogen-bond donors (Lipinski definition) is 2. The zero-order valence-corrected chi connectivity index (χ0v) is 13.1. The summed E-state index contributed by atoms with van der Waals surface area (Å²) in [6.07, 6.45) is 2.23. The molecule has 2 N–H and O–H groups in total. The van der Waals surface area contributed by atoms with Crippen molar-refractivity contribution >= 4 is 5.91 Å². The quantitative estimate of drug-likeness (QED) is 0.830. The van der Waals surface area contributed by atoms with Crippen LogP contribution in [0.15, 0.2) is 4.79 Å². The van der Waals surface area contributed by atoms with Crippen molar-refractivity contribution in [1.29, 1.82) is 0 Å². The van der Waals surface area contributed by atoms with Crippen LogP contribution in [0.3, 0.4) is 0 Å². The minimum Gasteiger partial charge on any atom is -0.339 e. The number of likely N-dealkylation sites (tertiary alicyclic amines) is 1. The van der Waals surface area contributed by atoms with Gasteiger partial charge in [-0.2, -0.15) is 0 Å². The average Bonchev–Trinajstić information content (AvgIpc) is 2.86. The molecule has 0 radical (unpaired) electrons. The molecule has 0 spiro atoms. The molecule has 0 saturated carbocycles. The molecule has 0 unspecified atom stereocenters. The fraction of sp³-hybridized carbons (Fsp3) is 0.786. The summed E-state index contributed by atoms with van der Waals surface area (Å²) in [6, 6.07) is 0. The number of amides is 1. The molecule has 1 aromatic heterocycles. The van der Waals surface area contributed by atoms with E-state index in [1.165, 1.54) is 0 Å². The lowest BCUT2D eigenvalue weighted by Gasteiger charge is -2.34. The van der Waals surface area contributed by atoms with Crippen LogP contribution in [0, 0.1) is 11.8 Å². The van der Waals surface area contributed by atoms with Crippen molar-refractivity contribution in [3.63, 3.8) is 0 Å². The van der Waals surface area contributed by atoms with Crippen molar-refractivity contribution in [1.82, 2.24) is 25.0 Å². The monoisotopic (exact) mass is 295 g/mol. The highest BCUT2D eigenvalue weighted by molar-refractivity contribution is 5.90. The summed E-state index contributed by atoms with van der Waals surface area (Å²) in [7, 11) is 1.76. The van der Waals surface area contributed by atoms with E-state index in [-0.39, 0.29) is 11.7 Å². The van der Waals surface area contributed by atoms with Gasteiger partial charge in [-0.15, -0.1) is 5.10 Å². The first-order valence-corrected chi connectivity index (χ1v) is 7.58. The van der Waals surface area contributed by atoms with Crippen molar-refractivity contribution in [3.8, 4) is 0 Å². The van der Waals surface area contributed by atoms with Crippen LogP contribution in [-0.2, 0) is 0 Å². The first kappa shape index (κ1) is 15.8. The Morgan fingerprint density at radius 2 is 2.10 bits per heavy atom. The third-order valence-corrected chi connectivity index (χ3v) is 3.91. The number of carbonyl (C=O) groups is 1. The van der Waals surface area contributed by atoms with Gasteiger partial charge in [-0.25, -0.2) is 9.89 Å². The molecule has 21 heavy (non-hydrogen) atoms. The molecule has 1 amide bonds. The van der Waals surface area contributed by atoms with E-state index in [1.807, 2.05) is 0 Å². The van der Waals surface area contributed by atoms with Crippen LogP contribution in [0.1, 0.15) is 37.3 Å². The molecule has 2 rings (SSSR count). The van der Waals surface area contributed by atoms with Crippen molar-refractivity contribution < 1.29 is 4.79 Å². The summed E-state index contributed by atoms with van der Waals surface area (Å²) in [4.78, 5) is 29.6. The highest BCUT2D eigenvalue weighted by atomic mass is 16.2. The van der Waals surface area contributed by atoms with E-state index in [9.17, 15) is 9.59 Å². The molecule has 0 bridgehead atoms. The molecular formula is C14H25N5O2. The second-order valence-electron chi connectivity index (χ2n) is 6.35. The van der Waals surface area contributed by atoms with Gasteiger partial charge >= 0.3 is 5.69 Å². The Bertz CT molecular complexity index is 513. The third kappa shape index (κ3) is 4.42. The van der Waals surface area contributed by atoms with Gasteiger partial charge in [-0.05, 0) is 37.8 Å². The van der Waals surface area contributed by atoms with E-state index >= 15 is 0 Å². The molecule has 1 aromatic rings. The van der Waals surface area contributed by atoms with E-state index in [0.717, 1.165) is 32.5 Å². The Balaban J connectivity index is 1.80. The SMILES string of the molecule is CC(C)CN1CCC(CN(C)C(=O)c2n[nH]c(=O)[nH]2)CC1. The summed E-state index contributed by atoms with van der Waals surface area (Å²) in [6.45, 7) is 8.54. The maximum Gasteiger partial charge on any atom is 0.341 e. The lowest BCUT2D eigenvalue weighted by Crippen LogP contribution is -2.40. The molecule has 7 nitrogen and oxygen atoms in total. The van der Waals surface area contributed by atoms with Crippen LogP contribution in [0.5, 0.6) is 0 Å². The van der Waals surface area contributed by atoms with Gasteiger partial charge in [0.15, 0.2) is 0 Å². The molecule has 118 valence electrons. The number of nitrogens with zero attached hydrogens (tertiary/aromatic N) is 3. The average molecular weight is 295 g/mol. The maximum absolute atomic E-state index is 12.1. The Hall–Kier alpha value is -1.63. The minimum atomic E-state index is -0.450. The lowest BCUT2D eigenvalue weighted by molar-refractivity contribution is 0.0724. The highest BCUT2D eigenvalue weighted by Crippen LogP contribution is 2.19. The maximum atomic E-state index is 12.1. The highest BCUT2D eigenvalue weighted by Gasteiger charge is 2.23. The fourth-order valence-electron chi connectivity index (χ4n) is 2.89. The summed E-state index contributed by atoms with van der Waals surface area (Å²) >= 11 is 0. The standard InChI is InChI=1S/C14H25N5O2/c1-10(2)8-19-6-4-11(5-7-19)9-18(3)13(20)12-15-14(21)17-16-12/h10-11H,4-9H2,1-3H3,(H2,15,16,17,21). The first-order chi connectivity index (χ1) is 9.95. The van der Waals surface area contributed by atoms with Crippen LogP contribution in [0.2, 0.25) is 0 Å². The number of aromatic nitrogens is 3. The molecule has 0 atom stereocenters. The molecule has 1 saturated heterocycles. The van der Waals surface area contributed by atoms with E-state index in [2.05, 4.69) is 33.9 Å². The molecule has 1 aliphatic heterocycles. The molecule has 0 aromatic carbocycles. The number of rotatable bonds is 5. The van der Waals surface area contributed by atoms with Crippen molar-refractivity contribution in [2.45, 2.75) is 26.7 Å². The topological polar surface area (TPSA) is 85.1 Å². The van der Waals surface area contributed by atoms with E-state index in [1.54, 1.807) is 11.9 Å².